The minimum absolute atomic E-state index is 0.139. The lowest BCUT2D eigenvalue weighted by molar-refractivity contribution is -0.133. The van der Waals surface area contributed by atoms with Crippen molar-refractivity contribution in [1.29, 1.82) is 0 Å². The fourth-order valence-corrected chi connectivity index (χ4v) is 2.95. The van der Waals surface area contributed by atoms with Gasteiger partial charge in [0.15, 0.2) is 0 Å². The Kier molecular flexibility index (Phi) is 13.2. The minimum atomic E-state index is -0.801. The Morgan fingerprint density at radius 2 is 1.43 bits per heavy atom. The third-order valence-corrected chi connectivity index (χ3v) is 4.28. The third kappa shape index (κ3) is 12.8. The molecule has 0 rings (SSSR count). The van der Waals surface area contributed by atoms with E-state index in [1.165, 1.54) is 6.92 Å². The highest BCUT2D eigenvalue weighted by Crippen LogP contribution is 2.09. The molecule has 0 saturated heterocycles. The number of nitrogens with one attached hydrogen (secondary N) is 4. The molecule has 0 aromatic carbocycles. The molecule has 0 aromatic heterocycles. The number of amides is 3. The van der Waals surface area contributed by atoms with Crippen LogP contribution in [-0.4, -0.2) is 48.7 Å². The molecule has 0 heterocycles. The van der Waals surface area contributed by atoms with E-state index in [2.05, 4.69) is 27.8 Å². The Hall–Kier alpha value is -2.58. The molecule has 0 radical (unpaired) electrons. The van der Waals surface area contributed by atoms with Gasteiger partial charge in [-0.3, -0.25) is 14.4 Å². The molecule has 9 heteroatoms. The van der Waals surface area contributed by atoms with Gasteiger partial charge in [-0.05, 0) is 37.5 Å². The van der Waals surface area contributed by atoms with Crippen molar-refractivity contribution in [2.75, 3.05) is 6.54 Å². The van der Waals surface area contributed by atoms with Crippen LogP contribution >= 0.6 is 0 Å². The van der Waals surface area contributed by atoms with Crippen molar-refractivity contribution in [3.63, 3.8) is 0 Å². The molecule has 3 atom stereocenters. The largest absolute Gasteiger partial charge is 0.386 e. The van der Waals surface area contributed by atoms with E-state index in [1.54, 1.807) is 0 Å². The standard InChI is InChI=1S/C21H39N5O4/c1-13(2)10-18(24-16(6)28)21(30)26-19(11-14(3)4)20(29)25-17(12-27)8-7-9-23-15(5)22/h12-14,17-19,23H,5,7-11,22H2,1-4,6H3,(H,24,28)(H,25,29)(H,26,30)/t17-,18-,19-/m0/s1. The van der Waals surface area contributed by atoms with E-state index in [0.29, 0.717) is 44.3 Å². The Bertz CT molecular complexity index is 592. The van der Waals surface area contributed by atoms with Gasteiger partial charge in [-0.2, -0.15) is 0 Å². The molecule has 6 N–H and O–H groups in total. The van der Waals surface area contributed by atoms with E-state index in [1.807, 2.05) is 27.7 Å². The summed E-state index contributed by atoms with van der Waals surface area (Å²) in [7, 11) is 0. The topological polar surface area (TPSA) is 142 Å². The highest BCUT2D eigenvalue weighted by Gasteiger charge is 2.28. The maximum atomic E-state index is 12.8. The summed E-state index contributed by atoms with van der Waals surface area (Å²) in [6.07, 6.45) is 2.59. The van der Waals surface area contributed by atoms with Gasteiger partial charge in [-0.1, -0.05) is 34.3 Å². The monoisotopic (exact) mass is 425 g/mol. The predicted octanol–water partition coefficient (Wildman–Crippen LogP) is 0.552. The summed E-state index contributed by atoms with van der Waals surface area (Å²) in [5.41, 5.74) is 5.43. The summed E-state index contributed by atoms with van der Waals surface area (Å²) in [5, 5.41) is 10.9. The van der Waals surface area contributed by atoms with Gasteiger partial charge in [0.2, 0.25) is 17.7 Å². The van der Waals surface area contributed by atoms with Gasteiger partial charge < -0.3 is 31.8 Å². The van der Waals surface area contributed by atoms with Crippen molar-refractivity contribution in [3.05, 3.63) is 12.4 Å². The molecule has 9 nitrogen and oxygen atoms in total. The number of carbonyl (C=O) groups is 4. The normalized spacial score (nSPS) is 13.8. The highest BCUT2D eigenvalue weighted by atomic mass is 16.2. The number of nitrogens with two attached hydrogens (primary N) is 1. The number of hydrogen-bond acceptors (Lipinski definition) is 6. The van der Waals surface area contributed by atoms with Crippen molar-refractivity contribution in [2.24, 2.45) is 17.6 Å². The second-order valence-electron chi connectivity index (χ2n) is 8.42. The average molecular weight is 426 g/mol. The van der Waals surface area contributed by atoms with Crippen LogP contribution in [-0.2, 0) is 19.2 Å². The molecule has 0 unspecified atom stereocenters. The highest BCUT2D eigenvalue weighted by molar-refractivity contribution is 5.92. The fourth-order valence-electron chi connectivity index (χ4n) is 2.95. The van der Waals surface area contributed by atoms with Gasteiger partial charge in [-0.25, -0.2) is 0 Å². The number of hydrogen-bond donors (Lipinski definition) is 5. The molecule has 0 bridgehead atoms. The van der Waals surface area contributed by atoms with E-state index in [-0.39, 0.29) is 17.7 Å². The molecule has 0 aliphatic carbocycles. The molecular formula is C21H39N5O4. The van der Waals surface area contributed by atoms with Crippen molar-refractivity contribution >= 4 is 24.0 Å². The second-order valence-corrected chi connectivity index (χ2v) is 8.42. The first-order valence-corrected chi connectivity index (χ1v) is 10.5. The Balaban J connectivity index is 5.06. The predicted molar refractivity (Wildman–Crippen MR) is 117 cm³/mol. The van der Waals surface area contributed by atoms with Gasteiger partial charge in [-0.15, -0.1) is 0 Å². The average Bonchev–Trinajstić information content (AvgIpc) is 2.61. The Morgan fingerprint density at radius 1 is 0.933 bits per heavy atom. The minimum Gasteiger partial charge on any atom is -0.386 e. The van der Waals surface area contributed by atoms with Crippen molar-refractivity contribution < 1.29 is 19.2 Å². The van der Waals surface area contributed by atoms with Crippen LogP contribution < -0.4 is 27.0 Å². The Morgan fingerprint density at radius 3 is 1.87 bits per heavy atom. The first kappa shape index (κ1) is 27.4. The SMILES string of the molecule is C=C(N)NCCC[C@@H](C=O)NC(=O)[C@H](CC(C)C)NC(=O)[C@H](CC(C)C)NC(C)=O. The molecule has 0 fully saturated rings. The summed E-state index contributed by atoms with van der Waals surface area (Å²) < 4.78 is 0. The zero-order chi connectivity index (χ0) is 23.3. The van der Waals surface area contributed by atoms with Gasteiger partial charge in [0.05, 0.1) is 11.9 Å². The first-order chi connectivity index (χ1) is 14.0. The Labute approximate surface area is 180 Å². The van der Waals surface area contributed by atoms with Crippen LogP contribution in [0.1, 0.15) is 60.3 Å². The quantitative estimate of drug-likeness (QED) is 0.192. The molecule has 172 valence electrons. The van der Waals surface area contributed by atoms with Crippen LogP contribution in [0.25, 0.3) is 0 Å². The lowest BCUT2D eigenvalue weighted by Crippen LogP contribution is -2.55. The van der Waals surface area contributed by atoms with Crippen molar-refractivity contribution in [2.45, 2.75) is 78.4 Å². The molecule has 0 saturated carbocycles. The number of rotatable bonds is 15. The molecule has 0 aromatic rings. The summed E-state index contributed by atoms with van der Waals surface area (Å²) in [6.45, 7) is 13.2. The molecule has 0 aliphatic rings. The lowest BCUT2D eigenvalue weighted by Gasteiger charge is -2.25. The summed E-state index contributed by atoms with van der Waals surface area (Å²) in [6, 6.07) is -2.19. The van der Waals surface area contributed by atoms with Crippen LogP contribution in [0, 0.1) is 11.8 Å². The molecule has 0 spiro atoms. The summed E-state index contributed by atoms with van der Waals surface area (Å²) in [4.78, 5) is 48.3. The molecular weight excluding hydrogens is 386 g/mol. The zero-order valence-corrected chi connectivity index (χ0v) is 18.9. The third-order valence-electron chi connectivity index (χ3n) is 4.28. The molecule has 30 heavy (non-hydrogen) atoms. The first-order valence-electron chi connectivity index (χ1n) is 10.5. The van der Waals surface area contributed by atoms with Crippen LogP contribution in [0.15, 0.2) is 12.4 Å². The molecule has 3 amide bonds. The maximum Gasteiger partial charge on any atom is 0.243 e. The van der Waals surface area contributed by atoms with E-state index in [9.17, 15) is 19.2 Å². The molecule has 0 aliphatic heterocycles. The lowest BCUT2D eigenvalue weighted by atomic mass is 9.99. The van der Waals surface area contributed by atoms with Crippen LogP contribution in [0.5, 0.6) is 0 Å². The van der Waals surface area contributed by atoms with Crippen LogP contribution in [0.3, 0.4) is 0 Å². The number of carbonyl (C=O) groups excluding carboxylic acids is 4. The van der Waals surface area contributed by atoms with Crippen LogP contribution in [0.4, 0.5) is 0 Å². The van der Waals surface area contributed by atoms with E-state index in [4.69, 9.17) is 5.73 Å². The van der Waals surface area contributed by atoms with E-state index in [0.717, 1.165) is 0 Å². The summed E-state index contributed by atoms with van der Waals surface area (Å²) in [5.74, 6) is -0.473. The second kappa shape index (κ2) is 14.4. The van der Waals surface area contributed by atoms with Crippen molar-refractivity contribution in [1.82, 2.24) is 21.3 Å². The van der Waals surface area contributed by atoms with Gasteiger partial charge in [0, 0.05) is 13.5 Å². The fraction of sp³-hybridized carbons (Fsp3) is 0.714. The summed E-state index contributed by atoms with van der Waals surface area (Å²) >= 11 is 0. The number of aldehydes is 1. The zero-order valence-electron chi connectivity index (χ0n) is 18.9. The van der Waals surface area contributed by atoms with Gasteiger partial charge in [0.25, 0.3) is 0 Å². The van der Waals surface area contributed by atoms with Gasteiger partial charge in [0.1, 0.15) is 18.4 Å². The van der Waals surface area contributed by atoms with E-state index < -0.39 is 29.9 Å². The smallest absolute Gasteiger partial charge is 0.243 e. The maximum absolute atomic E-state index is 12.8. The van der Waals surface area contributed by atoms with Crippen molar-refractivity contribution in [3.8, 4) is 0 Å². The van der Waals surface area contributed by atoms with Crippen LogP contribution in [0.2, 0.25) is 0 Å². The van der Waals surface area contributed by atoms with Gasteiger partial charge >= 0.3 is 0 Å². The van der Waals surface area contributed by atoms with E-state index >= 15 is 0 Å².